The second-order valence-corrected chi connectivity index (χ2v) is 16.9. The molecule has 0 radical (unpaired) electrons. The van der Waals surface area contributed by atoms with Crippen LogP contribution in [0.5, 0.6) is 0 Å². The average Bonchev–Trinajstić information content (AvgIpc) is 4.03. The number of aromatic nitrogens is 2. The Morgan fingerprint density at radius 1 is 0.266 bits per heavy atom. The van der Waals surface area contributed by atoms with Crippen molar-refractivity contribution in [1.82, 2.24) is 8.80 Å². The van der Waals surface area contributed by atoms with Gasteiger partial charge < -0.3 is 18.1 Å². The zero-order valence-electron chi connectivity index (χ0n) is 34.6. The maximum absolute atomic E-state index is 6.24. The SMILES string of the molecule is c1ccc(-c2cccc(N(c3ccc(-c4ccc(-c5ccc6c(c5)n5c7ccccc7c7ccc8c9ccccc9n6c8c75)cc4)cc3)c3ccc4oc5ccccc5c4c3)c2)cc1. The number of fused-ring (bicyclic) bond motifs is 12. The van der Waals surface area contributed by atoms with Crippen molar-refractivity contribution in [3.8, 4) is 33.4 Å². The van der Waals surface area contributed by atoms with Crippen molar-refractivity contribution in [1.29, 1.82) is 0 Å². The predicted molar refractivity (Wildman–Crippen MR) is 268 cm³/mol. The normalized spacial score (nSPS) is 12.1. The number of hydrogen-bond acceptors (Lipinski definition) is 2. The zero-order valence-corrected chi connectivity index (χ0v) is 34.6. The van der Waals surface area contributed by atoms with E-state index in [2.05, 4.69) is 226 Å². The van der Waals surface area contributed by atoms with E-state index in [4.69, 9.17) is 4.42 Å². The lowest BCUT2D eigenvalue weighted by Crippen LogP contribution is -2.10. The molecule has 4 heteroatoms. The van der Waals surface area contributed by atoms with Gasteiger partial charge in [0.25, 0.3) is 0 Å². The highest BCUT2D eigenvalue weighted by molar-refractivity contribution is 6.25. The van der Waals surface area contributed by atoms with E-state index < -0.39 is 0 Å². The number of rotatable bonds is 6. The van der Waals surface area contributed by atoms with Crippen molar-refractivity contribution in [2.45, 2.75) is 0 Å². The second-order valence-electron chi connectivity index (χ2n) is 16.9. The molecule has 14 aromatic rings. The van der Waals surface area contributed by atoms with Gasteiger partial charge in [-0.3, -0.25) is 0 Å². The Morgan fingerprint density at radius 2 is 0.766 bits per heavy atom. The summed E-state index contributed by atoms with van der Waals surface area (Å²) >= 11 is 0. The quantitative estimate of drug-likeness (QED) is 0.156. The van der Waals surface area contributed by atoms with Gasteiger partial charge in [0, 0.05) is 49.4 Å². The minimum Gasteiger partial charge on any atom is -0.456 e. The van der Waals surface area contributed by atoms with Crippen LogP contribution in [-0.2, 0) is 0 Å². The first-order chi connectivity index (χ1) is 31.7. The predicted octanol–water partition coefficient (Wildman–Crippen LogP) is 16.6. The topological polar surface area (TPSA) is 25.2 Å². The third kappa shape index (κ3) is 5.11. The second kappa shape index (κ2) is 13.4. The van der Waals surface area contributed by atoms with Crippen molar-refractivity contribution < 1.29 is 4.42 Å². The third-order valence-electron chi connectivity index (χ3n) is 13.4. The molecule has 0 atom stereocenters. The summed E-state index contributed by atoms with van der Waals surface area (Å²) < 4.78 is 11.2. The standard InChI is InChI=1S/C60H37N3O/c1-2-11-38(12-3-1)42-13-10-14-45(35-42)61(46-30-34-58-52(37-46)49-17-6-9-20-57(49)64-58)44-28-25-40(26-29-44)39-21-23-41(24-22-39)43-27-33-55-56(36-43)63-54-19-8-5-16-48(54)51-32-31-50-47-15-4-7-18-53(47)62(55)59(50)60(51)63/h1-37H. The molecule has 298 valence electrons. The molecule has 4 aromatic heterocycles. The first-order valence-corrected chi connectivity index (χ1v) is 21.9. The number of nitrogens with zero attached hydrogens (tertiary/aromatic N) is 3. The fraction of sp³-hybridized carbons (Fsp3) is 0. The highest BCUT2D eigenvalue weighted by atomic mass is 16.3. The van der Waals surface area contributed by atoms with E-state index in [0.717, 1.165) is 44.6 Å². The van der Waals surface area contributed by atoms with E-state index in [1.807, 2.05) is 12.1 Å². The van der Waals surface area contributed by atoms with E-state index in [1.165, 1.54) is 82.5 Å². The van der Waals surface area contributed by atoms with Crippen LogP contribution >= 0.6 is 0 Å². The lowest BCUT2D eigenvalue weighted by molar-refractivity contribution is 0.669. The monoisotopic (exact) mass is 815 g/mol. The molecule has 64 heavy (non-hydrogen) atoms. The Bertz CT molecular complexity index is 4120. The summed E-state index contributed by atoms with van der Waals surface area (Å²) in [5.74, 6) is 0. The van der Waals surface area contributed by atoms with E-state index >= 15 is 0 Å². The Labute approximate surface area is 368 Å². The van der Waals surface area contributed by atoms with Gasteiger partial charge in [-0.15, -0.1) is 0 Å². The molecule has 0 unspecified atom stereocenters. The maximum Gasteiger partial charge on any atom is 0.135 e. The molecule has 0 amide bonds. The molecule has 0 bridgehead atoms. The van der Waals surface area contributed by atoms with Crippen LogP contribution in [0.15, 0.2) is 229 Å². The third-order valence-corrected chi connectivity index (χ3v) is 13.4. The van der Waals surface area contributed by atoms with Crippen LogP contribution in [0, 0.1) is 0 Å². The van der Waals surface area contributed by atoms with Gasteiger partial charge >= 0.3 is 0 Å². The van der Waals surface area contributed by atoms with Crippen molar-refractivity contribution in [2.24, 2.45) is 0 Å². The number of furan rings is 1. The van der Waals surface area contributed by atoms with Gasteiger partial charge in [0.15, 0.2) is 0 Å². The summed E-state index contributed by atoms with van der Waals surface area (Å²) in [6.07, 6.45) is 0. The van der Waals surface area contributed by atoms with Gasteiger partial charge in [-0.2, -0.15) is 0 Å². The van der Waals surface area contributed by atoms with Crippen molar-refractivity contribution in [2.75, 3.05) is 4.90 Å². The first kappa shape index (κ1) is 35.0. The van der Waals surface area contributed by atoms with Crippen molar-refractivity contribution in [3.05, 3.63) is 224 Å². The number of para-hydroxylation sites is 3. The van der Waals surface area contributed by atoms with Crippen LogP contribution in [0.3, 0.4) is 0 Å². The minimum atomic E-state index is 0.883. The Balaban J connectivity index is 0.858. The Hall–Kier alpha value is -8.60. The smallest absolute Gasteiger partial charge is 0.135 e. The summed E-state index contributed by atoms with van der Waals surface area (Å²) in [7, 11) is 0. The zero-order chi connectivity index (χ0) is 41.9. The average molecular weight is 816 g/mol. The Morgan fingerprint density at radius 3 is 1.48 bits per heavy atom. The largest absolute Gasteiger partial charge is 0.456 e. The fourth-order valence-electron chi connectivity index (χ4n) is 10.5. The molecule has 4 nitrogen and oxygen atoms in total. The van der Waals surface area contributed by atoms with Crippen LogP contribution in [-0.4, -0.2) is 8.80 Å². The molecular formula is C60H37N3O. The molecule has 0 spiro atoms. The van der Waals surface area contributed by atoms with Gasteiger partial charge in [-0.1, -0.05) is 152 Å². The molecule has 0 N–H and O–H groups in total. The van der Waals surface area contributed by atoms with Crippen LogP contribution in [0.2, 0.25) is 0 Å². The van der Waals surface area contributed by atoms with E-state index in [0.29, 0.717) is 0 Å². The number of benzene rings is 10. The van der Waals surface area contributed by atoms with Gasteiger partial charge in [0.1, 0.15) is 11.2 Å². The minimum absolute atomic E-state index is 0.883. The molecule has 0 saturated heterocycles. The number of anilines is 3. The van der Waals surface area contributed by atoms with Gasteiger partial charge in [-0.05, 0) is 106 Å². The molecule has 0 aliphatic heterocycles. The van der Waals surface area contributed by atoms with Crippen molar-refractivity contribution >= 4 is 93.6 Å². The molecule has 0 aliphatic carbocycles. The molecule has 10 aromatic carbocycles. The van der Waals surface area contributed by atoms with Gasteiger partial charge in [0.2, 0.25) is 0 Å². The highest BCUT2D eigenvalue weighted by Gasteiger charge is 2.22. The maximum atomic E-state index is 6.24. The summed E-state index contributed by atoms with van der Waals surface area (Å²) in [4.78, 5) is 2.35. The molecule has 0 fully saturated rings. The Kier molecular flexibility index (Phi) is 7.36. The lowest BCUT2D eigenvalue weighted by atomic mass is 9.99. The van der Waals surface area contributed by atoms with Crippen LogP contribution in [0.1, 0.15) is 0 Å². The lowest BCUT2D eigenvalue weighted by Gasteiger charge is -2.26. The molecular weight excluding hydrogens is 779 g/mol. The van der Waals surface area contributed by atoms with E-state index in [1.54, 1.807) is 0 Å². The summed E-state index contributed by atoms with van der Waals surface area (Å²) in [5, 5.41) is 7.36. The molecule has 4 heterocycles. The summed E-state index contributed by atoms with van der Waals surface area (Å²) in [6, 6.07) is 81.4. The van der Waals surface area contributed by atoms with Crippen LogP contribution in [0.25, 0.3) is 110 Å². The summed E-state index contributed by atoms with van der Waals surface area (Å²) in [6.45, 7) is 0. The summed E-state index contributed by atoms with van der Waals surface area (Å²) in [5.41, 5.74) is 19.5. The van der Waals surface area contributed by atoms with E-state index in [9.17, 15) is 0 Å². The van der Waals surface area contributed by atoms with Crippen LogP contribution < -0.4 is 4.90 Å². The van der Waals surface area contributed by atoms with Gasteiger partial charge in [-0.25, -0.2) is 0 Å². The first-order valence-electron chi connectivity index (χ1n) is 21.9. The van der Waals surface area contributed by atoms with Crippen LogP contribution in [0.4, 0.5) is 17.1 Å². The van der Waals surface area contributed by atoms with Gasteiger partial charge in [0.05, 0.1) is 33.1 Å². The molecule has 0 aliphatic rings. The number of hydrogen-bond donors (Lipinski definition) is 0. The fourth-order valence-corrected chi connectivity index (χ4v) is 10.5. The van der Waals surface area contributed by atoms with E-state index in [-0.39, 0.29) is 0 Å². The molecule has 14 rings (SSSR count). The van der Waals surface area contributed by atoms with Crippen molar-refractivity contribution in [3.63, 3.8) is 0 Å². The molecule has 0 saturated carbocycles. The highest BCUT2D eigenvalue weighted by Crippen LogP contribution is 2.44.